The molecule has 0 saturated carbocycles. The molecular weight excluding hydrogens is 521 g/mol. The highest BCUT2D eigenvalue weighted by atomic mass is 32.2. The van der Waals surface area contributed by atoms with Crippen LogP contribution in [-0.4, -0.2) is 52.1 Å². The Balaban J connectivity index is 1.59. The van der Waals surface area contributed by atoms with Gasteiger partial charge in [-0.2, -0.15) is 27.4 Å². The first-order valence-electron chi connectivity index (χ1n) is 11.4. The number of alkyl halides is 3. The van der Waals surface area contributed by atoms with E-state index in [-0.39, 0.29) is 17.1 Å². The summed E-state index contributed by atoms with van der Waals surface area (Å²) in [5.74, 6) is -0.927. The van der Waals surface area contributed by atoms with E-state index in [1.54, 1.807) is 35.9 Å². The second-order valence-electron chi connectivity index (χ2n) is 8.57. The summed E-state index contributed by atoms with van der Waals surface area (Å²) in [7, 11) is -1.51. The van der Waals surface area contributed by atoms with Gasteiger partial charge in [-0.05, 0) is 60.2 Å². The topological polar surface area (TPSA) is 115 Å². The molecule has 1 amide bonds. The molecule has 0 bridgehead atoms. The number of hydrogen-bond donors (Lipinski definition) is 1. The standard InChI is InChI=1S/C25H21F3N6O3S/c1-33-30-22-20-14-17(24(36)32-38(37,13-12-35)15-16-8-10-29-11-9-16)2-7-21(20)34(23(22)31-33)19-5-3-18(4-6-19)25(26,27)28/h2-11,14,35H,12-13,15H2,1H3/t38-/m0/s1. The van der Waals surface area contributed by atoms with E-state index in [2.05, 4.69) is 19.5 Å². The van der Waals surface area contributed by atoms with E-state index < -0.39 is 34.0 Å². The fraction of sp³-hybridized carbons (Fsp3) is 0.200. The van der Waals surface area contributed by atoms with Gasteiger partial charge in [0.25, 0.3) is 5.91 Å². The summed E-state index contributed by atoms with van der Waals surface area (Å²) >= 11 is 0. The van der Waals surface area contributed by atoms with E-state index in [9.17, 15) is 27.3 Å². The number of carbonyl (C=O) groups excluding carboxylic acids is 1. The quantitative estimate of drug-likeness (QED) is 0.345. The van der Waals surface area contributed by atoms with Crippen molar-refractivity contribution < 1.29 is 27.3 Å². The molecule has 1 atom stereocenters. The first-order valence-corrected chi connectivity index (χ1v) is 13.2. The van der Waals surface area contributed by atoms with Crippen LogP contribution in [-0.2, 0) is 28.7 Å². The Kier molecular flexibility index (Phi) is 6.49. The van der Waals surface area contributed by atoms with Crippen LogP contribution >= 0.6 is 0 Å². The van der Waals surface area contributed by atoms with Crippen molar-refractivity contribution in [3.05, 3.63) is 83.7 Å². The molecule has 196 valence electrons. The van der Waals surface area contributed by atoms with Crippen molar-refractivity contribution in [3.63, 3.8) is 0 Å². The number of hydrogen-bond acceptors (Lipinski definition) is 6. The summed E-state index contributed by atoms with van der Waals surface area (Å²) in [6.07, 6.45) is -1.39. The number of pyridine rings is 1. The third-order valence-corrected chi connectivity index (χ3v) is 8.00. The molecular formula is C25H21F3N6O3S. The van der Waals surface area contributed by atoms with Gasteiger partial charge in [-0.15, -0.1) is 5.10 Å². The Morgan fingerprint density at radius 2 is 1.76 bits per heavy atom. The van der Waals surface area contributed by atoms with Gasteiger partial charge >= 0.3 is 6.18 Å². The number of aryl methyl sites for hydroxylation is 1. The number of amides is 1. The molecule has 0 radical (unpaired) electrons. The molecule has 0 spiro atoms. The molecule has 0 aliphatic carbocycles. The van der Waals surface area contributed by atoms with E-state index in [1.165, 1.54) is 35.4 Å². The van der Waals surface area contributed by atoms with Crippen LogP contribution in [0.4, 0.5) is 13.2 Å². The maximum absolute atomic E-state index is 13.4. The number of aliphatic hydroxyl groups excluding tert-OH is 1. The van der Waals surface area contributed by atoms with Gasteiger partial charge in [0.15, 0.2) is 5.65 Å². The molecule has 0 aliphatic rings. The molecule has 5 aromatic rings. The van der Waals surface area contributed by atoms with Crippen LogP contribution in [0.2, 0.25) is 0 Å². The van der Waals surface area contributed by atoms with Crippen LogP contribution in [0.25, 0.3) is 27.8 Å². The van der Waals surface area contributed by atoms with E-state index in [0.29, 0.717) is 33.3 Å². The SMILES string of the molecule is Cn1nc2c3cc(C(=O)N=[S@](=O)(CCO)Cc4ccncc4)ccc3n(-c3ccc(C(F)(F)F)cc3)c2n1. The molecule has 5 rings (SSSR count). The van der Waals surface area contributed by atoms with Crippen LogP contribution in [0.1, 0.15) is 21.5 Å². The predicted molar refractivity (Wildman–Crippen MR) is 135 cm³/mol. The number of fused-ring (bicyclic) bond motifs is 3. The predicted octanol–water partition coefficient (Wildman–Crippen LogP) is 4.13. The number of aliphatic hydroxyl groups is 1. The Morgan fingerprint density at radius 3 is 2.42 bits per heavy atom. The first-order chi connectivity index (χ1) is 18.1. The van der Waals surface area contributed by atoms with Crippen LogP contribution in [0.5, 0.6) is 0 Å². The van der Waals surface area contributed by atoms with Crippen molar-refractivity contribution in [2.75, 3.05) is 12.4 Å². The molecule has 0 fully saturated rings. The number of halogens is 3. The van der Waals surface area contributed by atoms with Gasteiger partial charge in [0.2, 0.25) is 0 Å². The maximum atomic E-state index is 13.4. The average Bonchev–Trinajstić information content (AvgIpc) is 3.38. The normalized spacial score (nSPS) is 13.6. The lowest BCUT2D eigenvalue weighted by molar-refractivity contribution is -0.137. The van der Waals surface area contributed by atoms with Gasteiger partial charge in [0.05, 0.1) is 38.9 Å². The Hall–Kier alpha value is -4.10. The van der Waals surface area contributed by atoms with Crippen molar-refractivity contribution in [2.45, 2.75) is 11.9 Å². The highest BCUT2D eigenvalue weighted by Crippen LogP contribution is 2.33. The highest BCUT2D eigenvalue weighted by Gasteiger charge is 2.30. The summed E-state index contributed by atoms with van der Waals surface area (Å²) in [5, 5.41) is 18.7. The summed E-state index contributed by atoms with van der Waals surface area (Å²) in [4.78, 5) is 18.4. The molecule has 0 aliphatic heterocycles. The molecule has 0 saturated heterocycles. The van der Waals surface area contributed by atoms with Crippen LogP contribution in [0.3, 0.4) is 0 Å². The van der Waals surface area contributed by atoms with E-state index in [4.69, 9.17) is 0 Å². The summed E-state index contributed by atoms with van der Waals surface area (Å²) in [6.45, 7) is -0.407. The van der Waals surface area contributed by atoms with Crippen molar-refractivity contribution in [2.24, 2.45) is 11.4 Å². The van der Waals surface area contributed by atoms with Gasteiger partial charge in [-0.3, -0.25) is 14.3 Å². The van der Waals surface area contributed by atoms with Gasteiger partial charge < -0.3 is 5.11 Å². The number of carbonyl (C=O) groups is 1. The number of nitrogens with zero attached hydrogens (tertiary/aromatic N) is 6. The lowest BCUT2D eigenvalue weighted by atomic mass is 10.1. The molecule has 38 heavy (non-hydrogen) atoms. The summed E-state index contributed by atoms with van der Waals surface area (Å²) in [6, 6.07) is 12.7. The zero-order valence-corrected chi connectivity index (χ0v) is 20.8. The zero-order valence-electron chi connectivity index (χ0n) is 20.0. The van der Waals surface area contributed by atoms with E-state index in [1.807, 2.05) is 0 Å². The minimum atomic E-state index is -4.47. The first kappa shape index (κ1) is 25.5. The maximum Gasteiger partial charge on any atom is 0.416 e. The fourth-order valence-corrected chi connectivity index (χ4v) is 5.89. The van der Waals surface area contributed by atoms with Crippen molar-refractivity contribution in [3.8, 4) is 5.69 Å². The smallest absolute Gasteiger partial charge is 0.395 e. The van der Waals surface area contributed by atoms with Crippen molar-refractivity contribution in [1.29, 1.82) is 0 Å². The summed E-state index contributed by atoms with van der Waals surface area (Å²) in [5.41, 5.74) is 1.87. The Labute approximate surface area is 214 Å². The molecule has 13 heteroatoms. The minimum absolute atomic E-state index is 0.0250. The summed E-state index contributed by atoms with van der Waals surface area (Å²) < 4.78 is 58.3. The number of benzene rings is 2. The second kappa shape index (κ2) is 9.65. The number of rotatable bonds is 6. The van der Waals surface area contributed by atoms with Crippen LogP contribution < -0.4 is 0 Å². The molecule has 1 N–H and O–H groups in total. The lowest BCUT2D eigenvalue weighted by Gasteiger charge is -2.10. The van der Waals surface area contributed by atoms with Crippen LogP contribution in [0, 0.1) is 0 Å². The van der Waals surface area contributed by atoms with Gasteiger partial charge in [-0.1, -0.05) is 0 Å². The van der Waals surface area contributed by atoms with Gasteiger partial charge in [0.1, 0.15) is 5.52 Å². The average molecular weight is 543 g/mol. The molecule has 3 aromatic heterocycles. The van der Waals surface area contributed by atoms with E-state index in [0.717, 1.165) is 12.1 Å². The van der Waals surface area contributed by atoms with Gasteiger partial charge in [0, 0.05) is 36.1 Å². The third-order valence-electron chi connectivity index (χ3n) is 5.90. The van der Waals surface area contributed by atoms with Crippen molar-refractivity contribution >= 4 is 37.7 Å². The zero-order chi connectivity index (χ0) is 27.1. The molecule has 3 heterocycles. The highest BCUT2D eigenvalue weighted by molar-refractivity contribution is 7.93. The minimum Gasteiger partial charge on any atom is -0.395 e. The molecule has 9 nitrogen and oxygen atoms in total. The van der Waals surface area contributed by atoms with Gasteiger partial charge in [-0.25, -0.2) is 4.21 Å². The van der Waals surface area contributed by atoms with E-state index >= 15 is 0 Å². The van der Waals surface area contributed by atoms with Crippen LogP contribution in [0.15, 0.2) is 71.4 Å². The van der Waals surface area contributed by atoms with Crippen molar-refractivity contribution in [1.82, 2.24) is 24.5 Å². The fourth-order valence-electron chi connectivity index (χ4n) is 4.19. The number of aromatic nitrogens is 5. The molecule has 0 unspecified atom stereocenters. The third kappa shape index (κ3) is 4.89. The lowest BCUT2D eigenvalue weighted by Crippen LogP contribution is -2.15. The Bertz CT molecular complexity index is 1770. The molecule has 2 aromatic carbocycles. The monoisotopic (exact) mass is 542 g/mol. The Morgan fingerprint density at radius 1 is 1.05 bits per heavy atom. The largest absolute Gasteiger partial charge is 0.416 e. The second-order valence-corrected chi connectivity index (χ2v) is 11.0.